The Morgan fingerprint density at radius 3 is 2.79 bits per heavy atom. The molecule has 6 heteroatoms. The molecule has 3 aromatic rings. The molecule has 0 fully saturated rings. The van der Waals surface area contributed by atoms with Crippen molar-refractivity contribution in [1.29, 1.82) is 0 Å². The number of aryl methyl sites for hydroxylation is 2. The number of ether oxygens (including phenoxy) is 2. The van der Waals surface area contributed by atoms with Gasteiger partial charge >= 0.3 is 5.97 Å². The van der Waals surface area contributed by atoms with Crippen molar-refractivity contribution in [2.24, 2.45) is 5.92 Å². The van der Waals surface area contributed by atoms with E-state index in [1.807, 2.05) is 25.1 Å². The smallest absolute Gasteiger partial charge is 0.306 e. The minimum absolute atomic E-state index is 0.400. The maximum absolute atomic E-state index is 11.3. The van der Waals surface area contributed by atoms with Crippen molar-refractivity contribution in [3.8, 4) is 22.1 Å². The normalized spacial score (nSPS) is 15.9. The van der Waals surface area contributed by atoms with E-state index < -0.39 is 11.9 Å². The Kier molecular flexibility index (Phi) is 5.53. The van der Waals surface area contributed by atoms with Gasteiger partial charge in [-0.15, -0.1) is 11.3 Å². The summed E-state index contributed by atoms with van der Waals surface area (Å²) in [6.07, 6.45) is 1.00. The van der Waals surface area contributed by atoms with Crippen molar-refractivity contribution in [2.45, 2.75) is 33.3 Å². The van der Waals surface area contributed by atoms with E-state index >= 15 is 0 Å². The highest BCUT2D eigenvalue weighted by molar-refractivity contribution is 7.15. The largest absolute Gasteiger partial charge is 0.493 e. The van der Waals surface area contributed by atoms with Gasteiger partial charge in [0.1, 0.15) is 23.1 Å². The fourth-order valence-electron chi connectivity index (χ4n) is 3.35. The summed E-state index contributed by atoms with van der Waals surface area (Å²) in [7, 11) is 0. The van der Waals surface area contributed by atoms with Crippen molar-refractivity contribution in [3.05, 3.63) is 64.2 Å². The van der Waals surface area contributed by atoms with Gasteiger partial charge in [-0.3, -0.25) is 4.79 Å². The molecule has 1 aliphatic rings. The first-order valence-electron chi connectivity index (χ1n) is 9.64. The molecule has 0 spiro atoms. The second-order valence-electron chi connectivity index (χ2n) is 7.33. The van der Waals surface area contributed by atoms with E-state index in [0.717, 1.165) is 26.7 Å². The number of nitrogens with zero attached hydrogens (tertiary/aromatic N) is 1. The van der Waals surface area contributed by atoms with Crippen LogP contribution in [0.1, 0.15) is 28.1 Å². The maximum atomic E-state index is 11.3. The third kappa shape index (κ3) is 4.43. The van der Waals surface area contributed by atoms with Gasteiger partial charge in [0.05, 0.1) is 23.1 Å². The first-order chi connectivity index (χ1) is 14.0. The zero-order valence-corrected chi connectivity index (χ0v) is 17.3. The molecule has 1 aromatic heterocycles. The van der Waals surface area contributed by atoms with Crippen LogP contribution < -0.4 is 9.47 Å². The molecule has 0 unspecified atom stereocenters. The fraction of sp³-hybridized carbons (Fsp3) is 0.304. The second-order valence-corrected chi connectivity index (χ2v) is 8.41. The summed E-state index contributed by atoms with van der Waals surface area (Å²) in [6.45, 7) is 4.91. The van der Waals surface area contributed by atoms with Crippen LogP contribution >= 0.6 is 11.3 Å². The van der Waals surface area contributed by atoms with Gasteiger partial charge in [0.25, 0.3) is 0 Å². The second kappa shape index (κ2) is 8.25. The van der Waals surface area contributed by atoms with Crippen molar-refractivity contribution in [2.75, 3.05) is 6.61 Å². The number of fused-ring (bicyclic) bond motifs is 1. The van der Waals surface area contributed by atoms with Gasteiger partial charge in [-0.2, -0.15) is 0 Å². The number of aliphatic carboxylic acids is 1. The monoisotopic (exact) mass is 409 g/mol. The molecule has 1 N–H and O–H groups in total. The molecule has 4 rings (SSSR count). The van der Waals surface area contributed by atoms with Crippen molar-refractivity contribution < 1.29 is 19.4 Å². The zero-order valence-electron chi connectivity index (χ0n) is 16.5. The summed E-state index contributed by atoms with van der Waals surface area (Å²) in [6, 6.07) is 14.0. The standard InChI is InChI=1S/C23H23NO4S/c1-14-3-5-16(6-4-14)22-24-15(2)21(29-22)13-28-19-8-7-17-11-18(23(25)26)9-10-27-20(17)12-19/h3-8,12,18H,9-11,13H2,1-2H3,(H,25,26)/t18-/m0/s1. The summed E-state index contributed by atoms with van der Waals surface area (Å²) < 4.78 is 11.8. The third-order valence-electron chi connectivity index (χ3n) is 5.14. The average Bonchev–Trinajstić information content (AvgIpc) is 2.94. The molecule has 1 aliphatic heterocycles. The molecule has 1 atom stereocenters. The van der Waals surface area contributed by atoms with Crippen molar-refractivity contribution in [1.82, 2.24) is 4.98 Å². The predicted octanol–water partition coefficient (Wildman–Crippen LogP) is 5.03. The van der Waals surface area contributed by atoms with Gasteiger partial charge in [-0.1, -0.05) is 35.9 Å². The lowest BCUT2D eigenvalue weighted by Gasteiger charge is -2.11. The molecule has 0 aliphatic carbocycles. The number of carbonyl (C=O) groups is 1. The molecule has 0 radical (unpaired) electrons. The van der Waals surface area contributed by atoms with E-state index in [1.165, 1.54) is 5.56 Å². The molecule has 0 bridgehead atoms. The van der Waals surface area contributed by atoms with Gasteiger partial charge < -0.3 is 14.6 Å². The van der Waals surface area contributed by atoms with Crippen LogP contribution in [0.3, 0.4) is 0 Å². The highest BCUT2D eigenvalue weighted by Gasteiger charge is 2.23. The van der Waals surface area contributed by atoms with E-state index in [2.05, 4.69) is 36.2 Å². The quantitative estimate of drug-likeness (QED) is 0.640. The summed E-state index contributed by atoms with van der Waals surface area (Å²) in [5.41, 5.74) is 4.23. The maximum Gasteiger partial charge on any atom is 0.306 e. The van der Waals surface area contributed by atoms with E-state index in [0.29, 0.717) is 37.6 Å². The minimum Gasteiger partial charge on any atom is -0.493 e. The summed E-state index contributed by atoms with van der Waals surface area (Å²) in [5.74, 6) is 0.254. The van der Waals surface area contributed by atoms with Crippen LogP contribution in [0.15, 0.2) is 42.5 Å². The lowest BCUT2D eigenvalue weighted by Crippen LogP contribution is -2.16. The number of rotatable bonds is 5. The van der Waals surface area contributed by atoms with E-state index in [-0.39, 0.29) is 0 Å². The molecule has 29 heavy (non-hydrogen) atoms. The van der Waals surface area contributed by atoms with Gasteiger partial charge in [0, 0.05) is 11.6 Å². The average molecular weight is 410 g/mol. The molecule has 2 aromatic carbocycles. The van der Waals surface area contributed by atoms with Crippen LogP contribution in [0, 0.1) is 19.8 Å². The van der Waals surface area contributed by atoms with Crippen LogP contribution in [-0.4, -0.2) is 22.7 Å². The Morgan fingerprint density at radius 1 is 1.24 bits per heavy atom. The van der Waals surface area contributed by atoms with Crippen LogP contribution in [0.2, 0.25) is 0 Å². The Labute approximate surface area is 174 Å². The van der Waals surface area contributed by atoms with Crippen LogP contribution in [0.4, 0.5) is 0 Å². The van der Waals surface area contributed by atoms with E-state index in [4.69, 9.17) is 9.47 Å². The number of thiazole rings is 1. The SMILES string of the molecule is Cc1ccc(-c2nc(C)c(COc3ccc4c(c3)OCC[C@H](C(=O)O)C4)s2)cc1. The van der Waals surface area contributed by atoms with Gasteiger partial charge in [-0.25, -0.2) is 4.98 Å². The fourth-order valence-corrected chi connectivity index (χ4v) is 4.33. The van der Waals surface area contributed by atoms with Crippen LogP contribution in [-0.2, 0) is 17.8 Å². The van der Waals surface area contributed by atoms with Crippen molar-refractivity contribution in [3.63, 3.8) is 0 Å². The molecule has 5 nitrogen and oxygen atoms in total. The van der Waals surface area contributed by atoms with Crippen LogP contribution in [0.5, 0.6) is 11.5 Å². The third-order valence-corrected chi connectivity index (χ3v) is 6.32. The van der Waals surface area contributed by atoms with E-state index in [9.17, 15) is 9.90 Å². The lowest BCUT2D eigenvalue weighted by atomic mass is 9.97. The highest BCUT2D eigenvalue weighted by atomic mass is 32.1. The lowest BCUT2D eigenvalue weighted by molar-refractivity contribution is -0.142. The van der Waals surface area contributed by atoms with Crippen LogP contribution in [0.25, 0.3) is 10.6 Å². The number of benzene rings is 2. The molecule has 0 saturated carbocycles. The first-order valence-corrected chi connectivity index (χ1v) is 10.5. The molecule has 150 valence electrons. The topological polar surface area (TPSA) is 68.7 Å². The number of hydrogen-bond donors (Lipinski definition) is 1. The molecular weight excluding hydrogens is 386 g/mol. The van der Waals surface area contributed by atoms with Gasteiger partial charge in [0.2, 0.25) is 0 Å². The summed E-state index contributed by atoms with van der Waals surface area (Å²) in [5, 5.41) is 10.3. The molecular formula is C23H23NO4S. The Hall–Kier alpha value is -2.86. The number of carboxylic acid groups (broad SMARTS) is 1. The van der Waals surface area contributed by atoms with Gasteiger partial charge in [-0.05, 0) is 38.3 Å². The number of aromatic nitrogens is 1. The number of carboxylic acids is 1. The number of hydrogen-bond acceptors (Lipinski definition) is 5. The Bertz CT molecular complexity index is 1030. The molecule has 2 heterocycles. The van der Waals surface area contributed by atoms with Crippen molar-refractivity contribution >= 4 is 17.3 Å². The summed E-state index contributed by atoms with van der Waals surface area (Å²) in [4.78, 5) is 17.1. The zero-order chi connectivity index (χ0) is 20.4. The highest BCUT2D eigenvalue weighted by Crippen LogP contribution is 2.32. The van der Waals surface area contributed by atoms with Gasteiger partial charge in [0.15, 0.2) is 0 Å². The Balaban J connectivity index is 1.46. The minimum atomic E-state index is -0.771. The Morgan fingerprint density at radius 2 is 2.03 bits per heavy atom. The molecule has 0 amide bonds. The summed E-state index contributed by atoms with van der Waals surface area (Å²) >= 11 is 1.64. The molecule has 0 saturated heterocycles. The van der Waals surface area contributed by atoms with E-state index in [1.54, 1.807) is 11.3 Å². The predicted molar refractivity (Wildman–Crippen MR) is 113 cm³/mol. The first kappa shape index (κ1) is 19.5.